The molecule has 3 heterocycles. The van der Waals surface area contributed by atoms with Gasteiger partial charge in [-0.3, -0.25) is 9.69 Å². The minimum atomic E-state index is 0.135. The number of fused-ring (bicyclic) bond motifs is 1. The van der Waals surface area contributed by atoms with E-state index >= 15 is 0 Å². The Bertz CT molecular complexity index is 1160. The Balaban J connectivity index is 1.33. The van der Waals surface area contributed by atoms with Gasteiger partial charge in [-0.2, -0.15) is 0 Å². The van der Waals surface area contributed by atoms with Crippen LogP contribution in [0, 0.1) is 19.8 Å². The third kappa shape index (κ3) is 5.01. The number of carbonyl (C=O) groups is 1. The molecule has 5 heteroatoms. The molecule has 0 aliphatic carbocycles. The Morgan fingerprint density at radius 2 is 1.76 bits per heavy atom. The number of aryl methyl sites for hydroxylation is 2. The number of nitrogens with zero attached hydrogens (tertiary/aromatic N) is 3. The Morgan fingerprint density at radius 1 is 1.00 bits per heavy atom. The lowest BCUT2D eigenvalue weighted by molar-refractivity contribution is 0.0332. The minimum Gasteiger partial charge on any atom is -0.379 e. The maximum Gasteiger partial charge on any atom is 0.254 e. The number of hydrogen-bond acceptors (Lipinski definition) is 4. The van der Waals surface area contributed by atoms with Gasteiger partial charge >= 0.3 is 0 Å². The first-order valence-electron chi connectivity index (χ1n) is 12.7. The smallest absolute Gasteiger partial charge is 0.254 e. The number of likely N-dealkylation sites (tertiary alicyclic amines) is 1. The lowest BCUT2D eigenvalue weighted by atomic mass is 9.92. The molecule has 0 saturated carbocycles. The molecule has 1 amide bonds. The maximum absolute atomic E-state index is 13.7. The summed E-state index contributed by atoms with van der Waals surface area (Å²) in [6, 6.07) is 16.4. The Hall–Kier alpha value is -2.76. The van der Waals surface area contributed by atoms with E-state index in [0.717, 1.165) is 86.5 Å². The zero-order valence-electron chi connectivity index (χ0n) is 20.4. The van der Waals surface area contributed by atoms with Crippen LogP contribution in [-0.2, 0) is 4.74 Å². The second kappa shape index (κ2) is 10.2. The second-order valence-corrected chi connectivity index (χ2v) is 9.87. The molecular weight excluding hydrogens is 422 g/mol. The average Bonchev–Trinajstić information content (AvgIpc) is 2.87. The van der Waals surface area contributed by atoms with Crippen LogP contribution < -0.4 is 0 Å². The van der Waals surface area contributed by atoms with Crippen molar-refractivity contribution >= 4 is 16.8 Å². The first-order chi connectivity index (χ1) is 16.6. The van der Waals surface area contributed by atoms with Crippen LogP contribution >= 0.6 is 0 Å². The standard InChI is InChI=1S/C29H35N3O2/c1-21-7-8-24(22(2)19-21)28-20-26(25-5-3-4-6-27(25)30-28)29(33)32-13-10-23(11-14-32)9-12-31-15-17-34-18-16-31/h3-8,19-20,23H,9-18H2,1-2H3. The highest BCUT2D eigenvalue weighted by atomic mass is 16.5. The number of carbonyl (C=O) groups excluding carboxylic acids is 1. The lowest BCUT2D eigenvalue weighted by Gasteiger charge is -2.34. The van der Waals surface area contributed by atoms with Crippen LogP contribution in [0.4, 0.5) is 0 Å². The van der Waals surface area contributed by atoms with Gasteiger partial charge in [0.05, 0.1) is 30.0 Å². The van der Waals surface area contributed by atoms with Crippen LogP contribution in [0.3, 0.4) is 0 Å². The monoisotopic (exact) mass is 457 g/mol. The Labute approximate surface area is 202 Å². The van der Waals surface area contributed by atoms with Gasteiger partial charge in [-0.1, -0.05) is 42.0 Å². The van der Waals surface area contributed by atoms with E-state index in [1.54, 1.807) is 0 Å². The molecule has 0 atom stereocenters. The summed E-state index contributed by atoms with van der Waals surface area (Å²) in [5.74, 6) is 0.836. The molecule has 0 unspecified atom stereocenters. The molecule has 0 spiro atoms. The van der Waals surface area contributed by atoms with Crippen LogP contribution in [0.25, 0.3) is 22.2 Å². The van der Waals surface area contributed by atoms with Crippen molar-refractivity contribution in [2.24, 2.45) is 5.92 Å². The normalized spacial score (nSPS) is 17.9. The Kier molecular flexibility index (Phi) is 6.93. The molecule has 0 bridgehead atoms. The van der Waals surface area contributed by atoms with Gasteiger partial charge in [-0.25, -0.2) is 4.98 Å². The molecule has 2 fully saturated rings. The molecule has 34 heavy (non-hydrogen) atoms. The van der Waals surface area contributed by atoms with Gasteiger partial charge in [0.25, 0.3) is 5.91 Å². The first kappa shape index (κ1) is 23.0. The van der Waals surface area contributed by atoms with Crippen molar-refractivity contribution in [3.63, 3.8) is 0 Å². The predicted octanol–water partition coefficient (Wildman–Crippen LogP) is 5.09. The summed E-state index contributed by atoms with van der Waals surface area (Å²) in [4.78, 5) is 23.2. The van der Waals surface area contributed by atoms with Crippen LogP contribution in [0.5, 0.6) is 0 Å². The fraction of sp³-hybridized carbons (Fsp3) is 0.448. The molecule has 5 nitrogen and oxygen atoms in total. The molecule has 5 rings (SSSR count). The lowest BCUT2D eigenvalue weighted by Crippen LogP contribution is -2.41. The molecule has 2 saturated heterocycles. The fourth-order valence-electron chi connectivity index (χ4n) is 5.38. The third-order valence-electron chi connectivity index (χ3n) is 7.46. The van der Waals surface area contributed by atoms with E-state index in [0.29, 0.717) is 5.92 Å². The van der Waals surface area contributed by atoms with Crippen molar-refractivity contribution in [1.29, 1.82) is 0 Å². The minimum absolute atomic E-state index is 0.135. The molecule has 2 aliphatic rings. The topological polar surface area (TPSA) is 45.7 Å². The zero-order valence-corrected chi connectivity index (χ0v) is 20.4. The molecule has 0 N–H and O–H groups in total. The van der Waals surface area contributed by atoms with E-state index in [2.05, 4.69) is 41.8 Å². The average molecular weight is 458 g/mol. The van der Waals surface area contributed by atoms with E-state index in [4.69, 9.17) is 9.72 Å². The number of para-hydroxylation sites is 1. The Morgan fingerprint density at radius 3 is 2.53 bits per heavy atom. The van der Waals surface area contributed by atoms with E-state index in [1.165, 1.54) is 17.5 Å². The number of piperidine rings is 1. The second-order valence-electron chi connectivity index (χ2n) is 9.87. The van der Waals surface area contributed by atoms with Gasteiger partial charge in [0.2, 0.25) is 0 Å². The molecule has 3 aromatic rings. The number of amides is 1. The van der Waals surface area contributed by atoms with E-state index in [9.17, 15) is 4.79 Å². The van der Waals surface area contributed by atoms with Crippen molar-refractivity contribution in [3.8, 4) is 11.3 Å². The van der Waals surface area contributed by atoms with Gasteiger partial charge in [-0.05, 0) is 63.3 Å². The number of pyridine rings is 1. The molecule has 0 radical (unpaired) electrons. The highest BCUT2D eigenvalue weighted by Gasteiger charge is 2.26. The summed E-state index contributed by atoms with van der Waals surface area (Å²) in [6.45, 7) is 10.9. The van der Waals surface area contributed by atoms with Crippen molar-refractivity contribution in [1.82, 2.24) is 14.8 Å². The van der Waals surface area contributed by atoms with Crippen molar-refractivity contribution in [3.05, 3.63) is 65.2 Å². The number of benzene rings is 2. The summed E-state index contributed by atoms with van der Waals surface area (Å²) in [5.41, 5.74) is 6.03. The number of morpholine rings is 1. The quantitative estimate of drug-likeness (QED) is 0.535. The first-order valence-corrected chi connectivity index (χ1v) is 12.7. The van der Waals surface area contributed by atoms with E-state index in [-0.39, 0.29) is 5.91 Å². The maximum atomic E-state index is 13.7. The molecule has 178 valence electrons. The van der Waals surface area contributed by atoms with Crippen LogP contribution in [-0.4, -0.2) is 66.6 Å². The number of aromatic nitrogens is 1. The SMILES string of the molecule is Cc1ccc(-c2cc(C(=O)N3CCC(CCN4CCOCC4)CC3)c3ccccc3n2)c(C)c1. The highest BCUT2D eigenvalue weighted by molar-refractivity contribution is 6.07. The molecule has 2 aliphatic heterocycles. The molecular formula is C29H35N3O2. The largest absolute Gasteiger partial charge is 0.379 e. The van der Waals surface area contributed by atoms with Crippen LogP contribution in [0.15, 0.2) is 48.5 Å². The summed E-state index contributed by atoms with van der Waals surface area (Å²) in [5, 5.41) is 0.940. The van der Waals surface area contributed by atoms with Crippen molar-refractivity contribution in [2.75, 3.05) is 45.9 Å². The van der Waals surface area contributed by atoms with Gasteiger partial charge in [0, 0.05) is 37.1 Å². The number of hydrogen-bond donors (Lipinski definition) is 0. The summed E-state index contributed by atoms with van der Waals surface area (Å²) in [6.07, 6.45) is 3.39. The third-order valence-corrected chi connectivity index (χ3v) is 7.46. The summed E-state index contributed by atoms with van der Waals surface area (Å²) < 4.78 is 5.46. The highest BCUT2D eigenvalue weighted by Crippen LogP contribution is 2.30. The predicted molar refractivity (Wildman–Crippen MR) is 137 cm³/mol. The van der Waals surface area contributed by atoms with Crippen LogP contribution in [0.1, 0.15) is 40.7 Å². The fourth-order valence-corrected chi connectivity index (χ4v) is 5.38. The summed E-state index contributed by atoms with van der Waals surface area (Å²) in [7, 11) is 0. The van der Waals surface area contributed by atoms with Crippen molar-refractivity contribution < 1.29 is 9.53 Å². The van der Waals surface area contributed by atoms with E-state index in [1.807, 2.05) is 30.3 Å². The van der Waals surface area contributed by atoms with Crippen LogP contribution in [0.2, 0.25) is 0 Å². The van der Waals surface area contributed by atoms with Gasteiger partial charge < -0.3 is 9.64 Å². The summed E-state index contributed by atoms with van der Waals surface area (Å²) >= 11 is 0. The molecule has 1 aromatic heterocycles. The molecule has 2 aromatic carbocycles. The zero-order chi connectivity index (χ0) is 23.5. The number of ether oxygens (including phenoxy) is 1. The van der Waals surface area contributed by atoms with Gasteiger partial charge in [0.15, 0.2) is 0 Å². The van der Waals surface area contributed by atoms with Gasteiger partial charge in [-0.15, -0.1) is 0 Å². The van der Waals surface area contributed by atoms with Gasteiger partial charge in [0.1, 0.15) is 0 Å². The van der Waals surface area contributed by atoms with E-state index < -0.39 is 0 Å². The van der Waals surface area contributed by atoms with Crippen molar-refractivity contribution in [2.45, 2.75) is 33.1 Å². The number of rotatable bonds is 5.